The first-order valence-electron chi connectivity index (χ1n) is 10.6. The number of rotatable bonds is 8. The maximum atomic E-state index is 12.8. The Morgan fingerprint density at radius 3 is 2.00 bits per heavy atom. The molecule has 0 aliphatic carbocycles. The molecule has 7 heteroatoms. The molecule has 0 bridgehead atoms. The van der Waals surface area contributed by atoms with Gasteiger partial charge in [-0.25, -0.2) is 0 Å². The molecule has 0 aliphatic heterocycles. The molecule has 2 aromatic carbocycles. The summed E-state index contributed by atoms with van der Waals surface area (Å²) in [7, 11) is 0. The Bertz CT molecular complexity index is 1090. The largest absolute Gasteiger partial charge is 0.405 e. The molecule has 2 aromatic rings. The number of carbonyl (C=O) groups is 3. The van der Waals surface area contributed by atoms with E-state index in [9.17, 15) is 27.6 Å². The first kappa shape index (κ1) is 26.0. The third kappa shape index (κ3) is 7.41. The van der Waals surface area contributed by atoms with Crippen LogP contribution in [0.5, 0.6) is 0 Å². The Kier molecular flexibility index (Phi) is 8.36. The molecule has 0 saturated carbocycles. The normalized spacial score (nSPS) is 11.9. The Balaban J connectivity index is 2.08. The molecule has 0 atom stereocenters. The van der Waals surface area contributed by atoms with Gasteiger partial charge in [0.15, 0.2) is 11.6 Å². The van der Waals surface area contributed by atoms with Crippen molar-refractivity contribution >= 4 is 23.0 Å². The summed E-state index contributed by atoms with van der Waals surface area (Å²) < 4.78 is 36.4. The maximum absolute atomic E-state index is 12.8. The zero-order valence-electron chi connectivity index (χ0n) is 19.4. The predicted octanol–water partition coefficient (Wildman–Crippen LogP) is 5.85. The number of halogens is 3. The summed E-state index contributed by atoms with van der Waals surface area (Å²) in [4.78, 5) is 36.7. The predicted molar refractivity (Wildman–Crippen MR) is 122 cm³/mol. The van der Waals surface area contributed by atoms with Crippen LogP contribution in [0.4, 0.5) is 13.2 Å². The molecule has 0 radical (unpaired) electrons. The Morgan fingerprint density at radius 2 is 1.45 bits per heavy atom. The van der Waals surface area contributed by atoms with Crippen molar-refractivity contribution in [3.63, 3.8) is 0 Å². The van der Waals surface area contributed by atoms with Crippen LogP contribution < -0.4 is 5.32 Å². The van der Waals surface area contributed by atoms with Gasteiger partial charge in [-0.15, -0.1) is 0 Å². The highest BCUT2D eigenvalue weighted by Gasteiger charge is 2.27. The van der Waals surface area contributed by atoms with Crippen LogP contribution in [0.25, 0.3) is 5.57 Å². The summed E-state index contributed by atoms with van der Waals surface area (Å²) in [6, 6.07) is 8.75. The minimum absolute atomic E-state index is 0.197. The van der Waals surface area contributed by atoms with E-state index in [1.54, 1.807) is 30.4 Å². The van der Waals surface area contributed by atoms with Crippen LogP contribution >= 0.6 is 0 Å². The van der Waals surface area contributed by atoms with E-state index >= 15 is 0 Å². The number of aryl methyl sites for hydroxylation is 3. The van der Waals surface area contributed by atoms with Gasteiger partial charge in [-0.05, 0) is 80.2 Å². The van der Waals surface area contributed by atoms with Crippen LogP contribution in [0.2, 0.25) is 0 Å². The number of allylic oxidation sites excluding steroid dienone is 2. The fourth-order valence-corrected chi connectivity index (χ4v) is 3.41. The lowest BCUT2D eigenvalue weighted by molar-refractivity contribution is -0.138. The minimum atomic E-state index is -4.50. The molecule has 0 aromatic heterocycles. The quantitative estimate of drug-likeness (QED) is 0.398. The van der Waals surface area contributed by atoms with Gasteiger partial charge >= 0.3 is 6.18 Å². The molecule has 0 fully saturated rings. The number of Topliss-reactive ketones (excluding diaryl/α,β-unsaturated/α-hetero) is 1. The highest BCUT2D eigenvalue weighted by molar-refractivity contribution is 6.09. The second-order valence-electron chi connectivity index (χ2n) is 8.27. The Morgan fingerprint density at radius 1 is 0.879 bits per heavy atom. The van der Waals surface area contributed by atoms with Gasteiger partial charge in [-0.3, -0.25) is 14.4 Å². The van der Waals surface area contributed by atoms with Crippen molar-refractivity contribution in [1.29, 1.82) is 0 Å². The van der Waals surface area contributed by atoms with E-state index in [1.165, 1.54) is 11.6 Å². The van der Waals surface area contributed by atoms with E-state index in [0.717, 1.165) is 22.3 Å². The molecule has 0 saturated heterocycles. The van der Waals surface area contributed by atoms with E-state index < -0.39 is 18.6 Å². The van der Waals surface area contributed by atoms with Crippen LogP contribution in [0.1, 0.15) is 68.3 Å². The topological polar surface area (TPSA) is 63.2 Å². The SMILES string of the molecule is CC(=CC(=O)c1ccc(C(=O)CCC(=O)NCC(F)(F)F)c(C)c1)c1cc(C)c(C)c(C)c1. The highest BCUT2D eigenvalue weighted by atomic mass is 19.4. The zero-order valence-corrected chi connectivity index (χ0v) is 19.4. The Hall–Kier alpha value is -3.22. The summed E-state index contributed by atoms with van der Waals surface area (Å²) >= 11 is 0. The summed E-state index contributed by atoms with van der Waals surface area (Å²) in [6.45, 7) is 8.23. The van der Waals surface area contributed by atoms with Crippen LogP contribution in [-0.2, 0) is 4.79 Å². The van der Waals surface area contributed by atoms with Gasteiger partial charge in [0.25, 0.3) is 0 Å². The molecule has 0 spiro atoms. The molecular weight excluding hydrogens is 431 g/mol. The number of hydrogen-bond donors (Lipinski definition) is 1. The van der Waals surface area contributed by atoms with Gasteiger partial charge in [-0.1, -0.05) is 24.3 Å². The third-order valence-electron chi connectivity index (χ3n) is 5.61. The van der Waals surface area contributed by atoms with E-state index in [0.29, 0.717) is 16.7 Å². The highest BCUT2D eigenvalue weighted by Crippen LogP contribution is 2.22. The van der Waals surface area contributed by atoms with Crippen LogP contribution in [0.3, 0.4) is 0 Å². The molecule has 2 rings (SSSR count). The molecule has 0 unspecified atom stereocenters. The standard InChI is InChI=1S/C26H28F3NO3/c1-15-10-21(11-16(2)19(15)5)17(3)13-24(32)20-6-7-22(18(4)12-20)23(31)8-9-25(33)30-14-26(27,28)29/h6-7,10-13H,8-9,14H2,1-5H3,(H,30,33). The lowest BCUT2D eigenvalue weighted by Gasteiger charge is -2.10. The maximum Gasteiger partial charge on any atom is 0.405 e. The van der Waals surface area contributed by atoms with Crippen molar-refractivity contribution in [3.8, 4) is 0 Å². The van der Waals surface area contributed by atoms with Gasteiger partial charge in [0.1, 0.15) is 6.54 Å². The number of nitrogens with one attached hydrogen (secondary N) is 1. The van der Waals surface area contributed by atoms with Crippen molar-refractivity contribution in [1.82, 2.24) is 5.32 Å². The number of amides is 1. The second kappa shape index (κ2) is 10.6. The molecule has 33 heavy (non-hydrogen) atoms. The lowest BCUT2D eigenvalue weighted by Crippen LogP contribution is -2.33. The van der Waals surface area contributed by atoms with Gasteiger partial charge in [0.05, 0.1) is 0 Å². The molecule has 0 heterocycles. The average molecular weight is 460 g/mol. The Labute approximate surface area is 191 Å². The van der Waals surface area contributed by atoms with E-state index in [4.69, 9.17) is 0 Å². The van der Waals surface area contributed by atoms with Crippen molar-refractivity contribution in [2.75, 3.05) is 6.54 Å². The number of benzene rings is 2. The van der Waals surface area contributed by atoms with Gasteiger partial charge in [0.2, 0.25) is 5.91 Å². The third-order valence-corrected chi connectivity index (χ3v) is 5.61. The van der Waals surface area contributed by atoms with E-state index in [-0.39, 0.29) is 24.4 Å². The molecule has 1 N–H and O–H groups in total. The fourth-order valence-electron chi connectivity index (χ4n) is 3.41. The monoisotopic (exact) mass is 459 g/mol. The molecule has 4 nitrogen and oxygen atoms in total. The number of alkyl halides is 3. The van der Waals surface area contributed by atoms with E-state index in [1.807, 2.05) is 32.9 Å². The molecule has 1 amide bonds. The summed E-state index contributed by atoms with van der Waals surface area (Å²) in [5.41, 5.74) is 6.63. The lowest BCUT2D eigenvalue weighted by atomic mass is 9.94. The summed E-state index contributed by atoms with van der Waals surface area (Å²) in [5.74, 6) is -1.41. The summed E-state index contributed by atoms with van der Waals surface area (Å²) in [5, 5.41) is 1.74. The van der Waals surface area contributed by atoms with E-state index in [2.05, 4.69) is 6.92 Å². The van der Waals surface area contributed by atoms with Crippen molar-refractivity contribution < 1.29 is 27.6 Å². The number of carbonyl (C=O) groups excluding carboxylic acids is 3. The van der Waals surface area contributed by atoms with Gasteiger partial charge < -0.3 is 5.32 Å². The average Bonchev–Trinajstić information content (AvgIpc) is 2.73. The first-order valence-corrected chi connectivity index (χ1v) is 10.6. The fraction of sp³-hybridized carbons (Fsp3) is 0.346. The van der Waals surface area contributed by atoms with Crippen molar-refractivity contribution in [2.45, 2.75) is 53.6 Å². The van der Waals surface area contributed by atoms with Crippen molar-refractivity contribution in [3.05, 3.63) is 75.4 Å². The van der Waals surface area contributed by atoms with Crippen LogP contribution in [0, 0.1) is 27.7 Å². The second-order valence-corrected chi connectivity index (χ2v) is 8.27. The smallest absolute Gasteiger partial charge is 0.347 e. The van der Waals surface area contributed by atoms with Crippen molar-refractivity contribution in [2.24, 2.45) is 0 Å². The number of ketones is 2. The molecule has 176 valence electrons. The van der Waals surface area contributed by atoms with Crippen LogP contribution in [-0.4, -0.2) is 30.2 Å². The number of hydrogen-bond acceptors (Lipinski definition) is 3. The first-order chi connectivity index (χ1) is 15.3. The summed E-state index contributed by atoms with van der Waals surface area (Å²) in [6.07, 6.45) is -3.50. The van der Waals surface area contributed by atoms with Crippen LogP contribution in [0.15, 0.2) is 36.4 Å². The van der Waals surface area contributed by atoms with Gasteiger partial charge in [-0.2, -0.15) is 13.2 Å². The molecular formula is C26H28F3NO3. The molecule has 0 aliphatic rings. The van der Waals surface area contributed by atoms with Gasteiger partial charge in [0, 0.05) is 24.0 Å². The zero-order chi connectivity index (χ0) is 24.9. The minimum Gasteiger partial charge on any atom is -0.347 e.